The zero-order chi connectivity index (χ0) is 15.1. The van der Waals surface area contributed by atoms with Crippen LogP contribution in [0.25, 0.3) is 0 Å². The number of nitrogens with one attached hydrogen (secondary N) is 1. The van der Waals surface area contributed by atoms with Gasteiger partial charge in [0.1, 0.15) is 0 Å². The Bertz CT molecular complexity index is 755. The van der Waals surface area contributed by atoms with Crippen LogP contribution in [0, 0.1) is 5.92 Å². The normalized spacial score (nSPS) is 25.2. The van der Waals surface area contributed by atoms with Crippen LogP contribution in [-0.2, 0) is 0 Å². The molecule has 4 heteroatoms. The number of allylic oxidation sites excluding steroid dienone is 2. The van der Waals surface area contributed by atoms with Crippen LogP contribution in [0.1, 0.15) is 39.9 Å². The number of carbonyl (C=O) groups excluding carboxylic acids is 1. The van der Waals surface area contributed by atoms with Crippen molar-refractivity contribution >= 4 is 11.7 Å². The number of rotatable bonds is 2. The maximum Gasteiger partial charge on any atom is 0.0715 e. The molecule has 2 heterocycles. The molecule has 3 atom stereocenters. The van der Waals surface area contributed by atoms with Crippen LogP contribution in [0.15, 0.2) is 54.9 Å². The molecule has 4 nitrogen and oxygen atoms in total. The number of benzene rings is 1. The molecule has 1 N–H and O–H groups in total. The smallest absolute Gasteiger partial charge is 0.0715 e. The van der Waals surface area contributed by atoms with Crippen LogP contribution < -0.4 is 10.4 Å². The molecule has 0 bridgehead atoms. The lowest BCUT2D eigenvalue weighted by molar-refractivity contribution is -0.255. The Morgan fingerprint density at radius 2 is 2.23 bits per heavy atom. The van der Waals surface area contributed by atoms with Crippen molar-refractivity contribution in [2.75, 3.05) is 5.32 Å². The summed E-state index contributed by atoms with van der Waals surface area (Å²) < 4.78 is 0. The van der Waals surface area contributed by atoms with Gasteiger partial charge in [0.05, 0.1) is 12.0 Å². The molecule has 0 spiro atoms. The fourth-order valence-electron chi connectivity index (χ4n) is 3.61. The summed E-state index contributed by atoms with van der Waals surface area (Å²) in [5.41, 5.74) is 3.43. The number of pyridine rings is 1. The van der Waals surface area contributed by atoms with Crippen molar-refractivity contribution in [1.82, 2.24) is 4.98 Å². The van der Waals surface area contributed by atoms with Crippen molar-refractivity contribution in [3.8, 4) is 0 Å². The first-order valence-corrected chi connectivity index (χ1v) is 7.42. The lowest BCUT2D eigenvalue weighted by Crippen LogP contribution is -2.30. The van der Waals surface area contributed by atoms with Crippen LogP contribution in [0.3, 0.4) is 0 Å². The monoisotopic (exact) mass is 291 g/mol. The van der Waals surface area contributed by atoms with E-state index in [0.29, 0.717) is 5.92 Å². The van der Waals surface area contributed by atoms with Gasteiger partial charge < -0.3 is 15.2 Å². The lowest BCUT2D eigenvalue weighted by atomic mass is 9.77. The van der Waals surface area contributed by atoms with E-state index < -0.39 is 5.97 Å². The van der Waals surface area contributed by atoms with Crippen LogP contribution in [-0.4, -0.2) is 11.0 Å². The Kier molecular flexibility index (Phi) is 2.96. The van der Waals surface area contributed by atoms with E-state index in [1.165, 1.54) is 0 Å². The summed E-state index contributed by atoms with van der Waals surface area (Å²) >= 11 is 0. The molecule has 110 valence electrons. The van der Waals surface area contributed by atoms with Crippen molar-refractivity contribution in [2.24, 2.45) is 5.92 Å². The number of carbonyl (C=O) groups is 1. The molecule has 0 unspecified atom stereocenters. The molecule has 1 aliphatic heterocycles. The van der Waals surface area contributed by atoms with Gasteiger partial charge in [-0.3, -0.25) is 4.98 Å². The van der Waals surface area contributed by atoms with E-state index in [4.69, 9.17) is 0 Å². The van der Waals surface area contributed by atoms with Crippen LogP contribution in [0.4, 0.5) is 5.69 Å². The van der Waals surface area contributed by atoms with E-state index in [2.05, 4.69) is 28.5 Å². The minimum absolute atomic E-state index is 0.190. The Morgan fingerprint density at radius 3 is 3.00 bits per heavy atom. The zero-order valence-corrected chi connectivity index (χ0v) is 11.9. The van der Waals surface area contributed by atoms with Gasteiger partial charge in [0.2, 0.25) is 0 Å². The van der Waals surface area contributed by atoms with Crippen LogP contribution in [0.5, 0.6) is 0 Å². The highest BCUT2D eigenvalue weighted by atomic mass is 16.4. The highest BCUT2D eigenvalue weighted by molar-refractivity contribution is 5.87. The molecule has 1 aromatic heterocycles. The van der Waals surface area contributed by atoms with Gasteiger partial charge in [0, 0.05) is 24.0 Å². The number of aromatic nitrogens is 1. The van der Waals surface area contributed by atoms with Gasteiger partial charge in [0.25, 0.3) is 0 Å². The molecular formula is C18H15N2O2-. The van der Waals surface area contributed by atoms with E-state index >= 15 is 0 Å². The summed E-state index contributed by atoms with van der Waals surface area (Å²) in [5, 5.41) is 14.7. The van der Waals surface area contributed by atoms with Gasteiger partial charge in [-0.15, -0.1) is 0 Å². The average Bonchev–Trinajstić information content (AvgIpc) is 3.04. The van der Waals surface area contributed by atoms with Crippen LogP contribution >= 0.6 is 0 Å². The zero-order valence-electron chi connectivity index (χ0n) is 11.9. The van der Waals surface area contributed by atoms with E-state index in [1.54, 1.807) is 18.3 Å². The highest BCUT2D eigenvalue weighted by Gasteiger charge is 2.37. The van der Waals surface area contributed by atoms with Gasteiger partial charge in [-0.05, 0) is 47.2 Å². The summed E-state index contributed by atoms with van der Waals surface area (Å²) in [4.78, 5) is 15.3. The molecule has 1 aliphatic carbocycles. The standard InChI is InChI=1S/C18H16N2O2/c21-18(22)11-6-7-16-15(9-11)13-4-1-5-14(13)17(20-16)12-3-2-8-19-10-12/h1-4,6-10,13-14,17,20H,5H2,(H,21,22)/p-1/t13-,14-,17-/m0/s1. The molecule has 4 rings (SSSR count). The SMILES string of the molecule is O=C([O-])c1ccc2c(c1)[C@H]1C=CC[C@@H]1[C@H](c1cccnc1)N2. The van der Waals surface area contributed by atoms with E-state index in [-0.39, 0.29) is 17.5 Å². The first-order valence-electron chi connectivity index (χ1n) is 7.42. The van der Waals surface area contributed by atoms with Gasteiger partial charge >= 0.3 is 0 Å². The Labute approximate surface area is 128 Å². The fraction of sp³-hybridized carbons (Fsp3) is 0.222. The molecule has 1 aromatic carbocycles. The molecule has 0 saturated heterocycles. The number of carboxylic acid groups (broad SMARTS) is 1. The van der Waals surface area contributed by atoms with Crippen molar-refractivity contribution in [2.45, 2.75) is 18.4 Å². The first kappa shape index (κ1) is 13.1. The Balaban J connectivity index is 1.79. The summed E-state index contributed by atoms with van der Waals surface area (Å²) in [6, 6.07) is 9.40. The van der Waals surface area contributed by atoms with E-state index in [0.717, 1.165) is 23.2 Å². The van der Waals surface area contributed by atoms with Crippen molar-refractivity contribution in [1.29, 1.82) is 0 Å². The minimum atomic E-state index is -1.13. The van der Waals surface area contributed by atoms with E-state index in [1.807, 2.05) is 18.3 Å². The fourth-order valence-corrected chi connectivity index (χ4v) is 3.61. The number of carboxylic acids is 1. The number of fused-ring (bicyclic) bond motifs is 3. The molecule has 2 aliphatic rings. The molecule has 0 fully saturated rings. The van der Waals surface area contributed by atoms with Gasteiger partial charge in [0.15, 0.2) is 0 Å². The minimum Gasteiger partial charge on any atom is -0.545 e. The number of anilines is 1. The summed E-state index contributed by atoms with van der Waals surface area (Å²) in [7, 11) is 0. The third-order valence-corrected chi connectivity index (χ3v) is 4.64. The predicted molar refractivity (Wildman–Crippen MR) is 81.4 cm³/mol. The number of aromatic carboxylic acids is 1. The molecule has 0 radical (unpaired) electrons. The van der Waals surface area contributed by atoms with Crippen molar-refractivity contribution in [3.05, 3.63) is 71.6 Å². The predicted octanol–water partition coefficient (Wildman–Crippen LogP) is 2.27. The molecular weight excluding hydrogens is 276 g/mol. The Hall–Kier alpha value is -2.62. The largest absolute Gasteiger partial charge is 0.545 e. The Morgan fingerprint density at radius 1 is 1.32 bits per heavy atom. The molecule has 2 aromatic rings. The third kappa shape index (κ3) is 1.99. The number of nitrogens with zero attached hydrogens (tertiary/aromatic N) is 1. The summed E-state index contributed by atoms with van der Waals surface area (Å²) in [5.74, 6) is -0.509. The molecule has 22 heavy (non-hydrogen) atoms. The number of hydrogen-bond acceptors (Lipinski definition) is 4. The van der Waals surface area contributed by atoms with Gasteiger partial charge in [-0.1, -0.05) is 24.3 Å². The second-order valence-corrected chi connectivity index (χ2v) is 5.85. The molecule has 0 saturated carbocycles. The molecule has 0 amide bonds. The maximum atomic E-state index is 11.1. The second kappa shape index (κ2) is 4.98. The average molecular weight is 291 g/mol. The maximum absolute atomic E-state index is 11.1. The summed E-state index contributed by atoms with van der Waals surface area (Å²) in [6.45, 7) is 0. The topological polar surface area (TPSA) is 65.0 Å². The highest BCUT2D eigenvalue weighted by Crippen LogP contribution is 2.49. The van der Waals surface area contributed by atoms with Gasteiger partial charge in [-0.25, -0.2) is 0 Å². The van der Waals surface area contributed by atoms with Gasteiger partial charge in [-0.2, -0.15) is 0 Å². The quantitative estimate of drug-likeness (QED) is 0.862. The van der Waals surface area contributed by atoms with Crippen LogP contribution in [0.2, 0.25) is 0 Å². The third-order valence-electron chi connectivity index (χ3n) is 4.64. The second-order valence-electron chi connectivity index (χ2n) is 5.85. The lowest BCUT2D eigenvalue weighted by Gasteiger charge is -2.37. The first-order chi connectivity index (χ1) is 10.7. The van der Waals surface area contributed by atoms with Crippen molar-refractivity contribution < 1.29 is 9.90 Å². The van der Waals surface area contributed by atoms with E-state index in [9.17, 15) is 9.90 Å². The summed E-state index contributed by atoms with van der Waals surface area (Å²) in [6.07, 6.45) is 9.02. The number of hydrogen-bond donors (Lipinski definition) is 1. The van der Waals surface area contributed by atoms with Crippen molar-refractivity contribution in [3.63, 3.8) is 0 Å².